The van der Waals surface area contributed by atoms with Gasteiger partial charge in [0.05, 0.1) is 12.8 Å². The molecule has 0 bridgehead atoms. The van der Waals surface area contributed by atoms with Crippen LogP contribution in [0, 0.1) is 0 Å². The first-order valence-electron chi connectivity index (χ1n) is 6.35. The second-order valence-corrected chi connectivity index (χ2v) is 4.62. The number of hydrogen-bond acceptors (Lipinski definition) is 3. The fourth-order valence-corrected chi connectivity index (χ4v) is 2.32. The van der Waals surface area contributed by atoms with Crippen molar-refractivity contribution < 1.29 is 9.53 Å². The van der Waals surface area contributed by atoms with Gasteiger partial charge in [0.2, 0.25) is 5.91 Å². The highest BCUT2D eigenvalue weighted by molar-refractivity contribution is 5.94. The van der Waals surface area contributed by atoms with Crippen LogP contribution < -0.4 is 15.0 Å². The Balaban J connectivity index is 2.05. The number of nitrogens with one attached hydrogen (secondary N) is 1. The summed E-state index contributed by atoms with van der Waals surface area (Å²) < 4.78 is 5.28. The fraction of sp³-hybridized carbons (Fsp3) is 0.500. The molecule has 1 aromatic carbocycles. The van der Waals surface area contributed by atoms with E-state index in [1.165, 1.54) is 0 Å². The Labute approximate surface area is 108 Å². The first-order chi connectivity index (χ1) is 8.72. The summed E-state index contributed by atoms with van der Waals surface area (Å²) in [6, 6.07) is 7.91. The second-order valence-electron chi connectivity index (χ2n) is 4.62. The summed E-state index contributed by atoms with van der Waals surface area (Å²) in [7, 11) is 3.42. The highest BCUT2D eigenvalue weighted by Gasteiger charge is 2.21. The zero-order chi connectivity index (χ0) is 13.0. The average molecular weight is 248 g/mol. The van der Waals surface area contributed by atoms with E-state index in [2.05, 4.69) is 5.32 Å². The molecule has 1 amide bonds. The van der Waals surface area contributed by atoms with Gasteiger partial charge >= 0.3 is 0 Å². The van der Waals surface area contributed by atoms with Crippen molar-refractivity contribution in [2.75, 3.05) is 25.6 Å². The van der Waals surface area contributed by atoms with Crippen LogP contribution in [0.3, 0.4) is 0 Å². The Morgan fingerprint density at radius 1 is 1.50 bits per heavy atom. The molecule has 1 saturated heterocycles. The summed E-state index contributed by atoms with van der Waals surface area (Å²) >= 11 is 0. The minimum Gasteiger partial charge on any atom is -0.495 e. The fourth-order valence-electron chi connectivity index (χ4n) is 2.32. The van der Waals surface area contributed by atoms with Crippen molar-refractivity contribution in [1.29, 1.82) is 0 Å². The van der Waals surface area contributed by atoms with E-state index in [1.54, 1.807) is 19.1 Å². The number of rotatable bonds is 4. The van der Waals surface area contributed by atoms with Gasteiger partial charge in [-0.25, -0.2) is 0 Å². The molecule has 0 spiro atoms. The lowest BCUT2D eigenvalue weighted by Gasteiger charge is -2.21. The van der Waals surface area contributed by atoms with Crippen LogP contribution in [0.25, 0.3) is 0 Å². The lowest BCUT2D eigenvalue weighted by atomic mass is 10.1. The summed E-state index contributed by atoms with van der Waals surface area (Å²) in [4.78, 5) is 13.9. The van der Waals surface area contributed by atoms with E-state index in [0.29, 0.717) is 12.5 Å². The smallest absolute Gasteiger partial charge is 0.228 e. The van der Waals surface area contributed by atoms with Crippen molar-refractivity contribution in [3.8, 4) is 5.75 Å². The molecular formula is C14H20N2O2. The predicted molar refractivity (Wildman–Crippen MR) is 72.0 cm³/mol. The molecule has 18 heavy (non-hydrogen) atoms. The number of ether oxygens (including phenoxy) is 1. The van der Waals surface area contributed by atoms with Crippen molar-refractivity contribution in [2.45, 2.75) is 25.3 Å². The third-order valence-electron chi connectivity index (χ3n) is 3.40. The normalized spacial score (nSPS) is 18.7. The number of hydrogen-bond donors (Lipinski definition) is 1. The van der Waals surface area contributed by atoms with E-state index in [0.717, 1.165) is 30.8 Å². The van der Waals surface area contributed by atoms with Crippen LogP contribution in [0.15, 0.2) is 24.3 Å². The summed E-state index contributed by atoms with van der Waals surface area (Å²) in [6.45, 7) is 1.02. The Morgan fingerprint density at radius 3 is 2.94 bits per heavy atom. The summed E-state index contributed by atoms with van der Waals surface area (Å²) in [5.74, 6) is 0.853. The SMILES string of the molecule is COc1ccccc1N(C)C(=O)CC1CCCN1. The van der Waals surface area contributed by atoms with Crippen LogP contribution in [-0.2, 0) is 4.79 Å². The Hall–Kier alpha value is -1.55. The summed E-state index contributed by atoms with van der Waals surface area (Å²) in [5, 5.41) is 3.34. The number of anilines is 1. The Kier molecular flexibility index (Phi) is 4.20. The molecule has 0 saturated carbocycles. The maximum atomic E-state index is 12.2. The number of carbonyl (C=O) groups is 1. The first-order valence-corrected chi connectivity index (χ1v) is 6.35. The number of amides is 1. The minimum atomic E-state index is 0.124. The highest BCUT2D eigenvalue weighted by atomic mass is 16.5. The number of carbonyl (C=O) groups excluding carboxylic acids is 1. The standard InChI is InChI=1S/C14H20N2O2/c1-16(12-7-3-4-8-13(12)18-2)14(17)10-11-6-5-9-15-11/h3-4,7-8,11,15H,5-6,9-10H2,1-2H3. The van der Waals surface area contributed by atoms with Gasteiger partial charge < -0.3 is 15.0 Å². The van der Waals surface area contributed by atoms with Gasteiger partial charge in [0.15, 0.2) is 0 Å². The van der Waals surface area contributed by atoms with E-state index in [4.69, 9.17) is 4.74 Å². The monoisotopic (exact) mass is 248 g/mol. The average Bonchev–Trinajstić information content (AvgIpc) is 2.90. The molecule has 98 valence electrons. The number of benzene rings is 1. The maximum Gasteiger partial charge on any atom is 0.228 e. The zero-order valence-corrected chi connectivity index (χ0v) is 11.0. The summed E-state index contributed by atoms with van der Waals surface area (Å²) in [6.07, 6.45) is 2.80. The van der Waals surface area contributed by atoms with Gasteiger partial charge in [0.25, 0.3) is 0 Å². The maximum absolute atomic E-state index is 12.2. The molecule has 1 aromatic rings. The zero-order valence-electron chi connectivity index (χ0n) is 11.0. The van der Waals surface area contributed by atoms with Gasteiger partial charge in [-0.05, 0) is 31.5 Å². The van der Waals surface area contributed by atoms with Crippen molar-refractivity contribution in [3.05, 3.63) is 24.3 Å². The molecule has 1 N–H and O–H groups in total. The minimum absolute atomic E-state index is 0.124. The molecule has 1 heterocycles. The van der Waals surface area contributed by atoms with E-state index in [-0.39, 0.29) is 5.91 Å². The second kappa shape index (κ2) is 5.87. The van der Waals surface area contributed by atoms with Gasteiger partial charge in [-0.1, -0.05) is 12.1 Å². The van der Waals surface area contributed by atoms with Crippen molar-refractivity contribution in [3.63, 3.8) is 0 Å². The van der Waals surface area contributed by atoms with Gasteiger partial charge in [0.1, 0.15) is 5.75 Å². The lowest BCUT2D eigenvalue weighted by Crippen LogP contribution is -2.33. The molecule has 2 rings (SSSR count). The van der Waals surface area contributed by atoms with Crippen LogP contribution in [0.4, 0.5) is 5.69 Å². The van der Waals surface area contributed by atoms with Crippen molar-refractivity contribution in [1.82, 2.24) is 5.32 Å². The van der Waals surface area contributed by atoms with E-state index in [9.17, 15) is 4.79 Å². The summed E-state index contributed by atoms with van der Waals surface area (Å²) in [5.41, 5.74) is 0.822. The van der Waals surface area contributed by atoms with Gasteiger partial charge in [0, 0.05) is 19.5 Å². The molecule has 1 unspecified atom stereocenters. The molecule has 4 nitrogen and oxygen atoms in total. The third-order valence-corrected chi connectivity index (χ3v) is 3.40. The topological polar surface area (TPSA) is 41.6 Å². The largest absolute Gasteiger partial charge is 0.495 e. The predicted octanol–water partition coefficient (Wildman–Crippen LogP) is 1.80. The molecule has 0 aromatic heterocycles. The van der Waals surface area contributed by atoms with E-state index < -0.39 is 0 Å². The lowest BCUT2D eigenvalue weighted by molar-refractivity contribution is -0.118. The Morgan fingerprint density at radius 2 is 2.28 bits per heavy atom. The number of para-hydroxylation sites is 2. The van der Waals surface area contributed by atoms with Crippen LogP contribution in [0.5, 0.6) is 5.75 Å². The van der Waals surface area contributed by atoms with Crippen LogP contribution >= 0.6 is 0 Å². The molecule has 0 aliphatic carbocycles. The van der Waals surface area contributed by atoms with Gasteiger partial charge in [-0.3, -0.25) is 4.79 Å². The van der Waals surface area contributed by atoms with E-state index >= 15 is 0 Å². The number of methoxy groups -OCH3 is 1. The molecule has 1 atom stereocenters. The van der Waals surface area contributed by atoms with Crippen LogP contribution in [0.1, 0.15) is 19.3 Å². The number of nitrogens with zero attached hydrogens (tertiary/aromatic N) is 1. The van der Waals surface area contributed by atoms with Gasteiger partial charge in [-0.2, -0.15) is 0 Å². The van der Waals surface area contributed by atoms with Crippen molar-refractivity contribution >= 4 is 11.6 Å². The van der Waals surface area contributed by atoms with Gasteiger partial charge in [-0.15, -0.1) is 0 Å². The molecule has 1 fully saturated rings. The molecule has 1 aliphatic rings. The Bertz CT molecular complexity index is 414. The van der Waals surface area contributed by atoms with Crippen LogP contribution in [0.2, 0.25) is 0 Å². The highest BCUT2D eigenvalue weighted by Crippen LogP contribution is 2.27. The molecule has 4 heteroatoms. The van der Waals surface area contributed by atoms with Crippen LogP contribution in [-0.4, -0.2) is 32.7 Å². The third kappa shape index (κ3) is 2.82. The first kappa shape index (κ1) is 12.9. The quantitative estimate of drug-likeness (QED) is 0.883. The molecular weight excluding hydrogens is 228 g/mol. The molecule has 1 aliphatic heterocycles. The molecule has 0 radical (unpaired) electrons. The van der Waals surface area contributed by atoms with E-state index in [1.807, 2.05) is 24.3 Å². The van der Waals surface area contributed by atoms with Crippen molar-refractivity contribution in [2.24, 2.45) is 0 Å².